The van der Waals surface area contributed by atoms with Crippen molar-refractivity contribution in [1.29, 1.82) is 0 Å². The standard InChI is InChI=1S/C10H13N3O2/c14-10(15)8-2-4-13(5-8)6-9-1-3-11-7-12-9/h1,3,7-8H,2,4-6H2,(H,14,15). The Morgan fingerprint density at radius 2 is 2.53 bits per heavy atom. The van der Waals surface area contributed by atoms with Gasteiger partial charge in [-0.05, 0) is 19.0 Å². The summed E-state index contributed by atoms with van der Waals surface area (Å²) in [4.78, 5) is 20.8. The van der Waals surface area contributed by atoms with Crippen LogP contribution in [-0.4, -0.2) is 39.0 Å². The van der Waals surface area contributed by atoms with E-state index in [-0.39, 0.29) is 5.92 Å². The summed E-state index contributed by atoms with van der Waals surface area (Å²) in [5, 5.41) is 8.84. The molecule has 5 heteroatoms. The van der Waals surface area contributed by atoms with Crippen molar-refractivity contribution >= 4 is 5.97 Å². The number of carbonyl (C=O) groups is 1. The average Bonchev–Trinajstić information content (AvgIpc) is 2.68. The molecule has 0 saturated carbocycles. The van der Waals surface area contributed by atoms with E-state index in [2.05, 4.69) is 14.9 Å². The van der Waals surface area contributed by atoms with Crippen molar-refractivity contribution in [2.45, 2.75) is 13.0 Å². The number of rotatable bonds is 3. The average molecular weight is 207 g/mol. The largest absolute Gasteiger partial charge is 0.481 e. The molecule has 1 aromatic heterocycles. The first-order valence-electron chi connectivity index (χ1n) is 4.96. The van der Waals surface area contributed by atoms with E-state index in [0.29, 0.717) is 13.1 Å². The molecule has 80 valence electrons. The summed E-state index contributed by atoms with van der Waals surface area (Å²) in [5.41, 5.74) is 0.941. The third-order valence-corrected chi connectivity index (χ3v) is 2.65. The highest BCUT2D eigenvalue weighted by Crippen LogP contribution is 2.17. The highest BCUT2D eigenvalue weighted by Gasteiger charge is 2.27. The van der Waals surface area contributed by atoms with Gasteiger partial charge in [0.25, 0.3) is 0 Å². The van der Waals surface area contributed by atoms with Gasteiger partial charge >= 0.3 is 5.97 Å². The van der Waals surface area contributed by atoms with Crippen LogP contribution in [-0.2, 0) is 11.3 Å². The Morgan fingerprint density at radius 3 is 3.13 bits per heavy atom. The fraction of sp³-hybridized carbons (Fsp3) is 0.500. The van der Waals surface area contributed by atoms with Crippen LogP contribution in [0.5, 0.6) is 0 Å². The van der Waals surface area contributed by atoms with Crippen LogP contribution in [0.25, 0.3) is 0 Å². The SMILES string of the molecule is O=C(O)C1CCN(Cc2ccncn2)C1. The van der Waals surface area contributed by atoms with Gasteiger partial charge in [-0.2, -0.15) is 0 Å². The van der Waals surface area contributed by atoms with E-state index in [0.717, 1.165) is 18.7 Å². The summed E-state index contributed by atoms with van der Waals surface area (Å²) in [7, 11) is 0. The summed E-state index contributed by atoms with van der Waals surface area (Å²) in [5.74, 6) is -0.910. The minimum Gasteiger partial charge on any atom is -0.481 e. The Hall–Kier alpha value is -1.49. The van der Waals surface area contributed by atoms with Crippen molar-refractivity contribution in [2.24, 2.45) is 5.92 Å². The smallest absolute Gasteiger partial charge is 0.307 e. The number of hydrogen-bond donors (Lipinski definition) is 1. The Kier molecular flexibility index (Phi) is 2.91. The molecule has 2 heterocycles. The van der Waals surface area contributed by atoms with E-state index in [1.807, 2.05) is 6.07 Å². The minimum absolute atomic E-state index is 0.216. The Morgan fingerprint density at radius 1 is 1.67 bits per heavy atom. The van der Waals surface area contributed by atoms with Gasteiger partial charge in [-0.3, -0.25) is 9.69 Å². The quantitative estimate of drug-likeness (QED) is 0.776. The lowest BCUT2D eigenvalue weighted by molar-refractivity contribution is -0.141. The zero-order valence-corrected chi connectivity index (χ0v) is 8.33. The maximum absolute atomic E-state index is 10.7. The van der Waals surface area contributed by atoms with Gasteiger partial charge in [0, 0.05) is 19.3 Å². The molecule has 0 bridgehead atoms. The fourth-order valence-electron chi connectivity index (χ4n) is 1.82. The molecule has 0 spiro atoms. The molecule has 5 nitrogen and oxygen atoms in total. The summed E-state index contributed by atoms with van der Waals surface area (Å²) < 4.78 is 0. The number of aromatic nitrogens is 2. The molecule has 1 fully saturated rings. The van der Waals surface area contributed by atoms with Crippen LogP contribution in [0.1, 0.15) is 12.1 Å². The second-order valence-electron chi connectivity index (χ2n) is 3.76. The van der Waals surface area contributed by atoms with Crippen molar-refractivity contribution in [3.63, 3.8) is 0 Å². The van der Waals surface area contributed by atoms with E-state index in [9.17, 15) is 4.79 Å². The molecule has 0 aromatic carbocycles. The number of aliphatic carboxylic acids is 1. The summed E-state index contributed by atoms with van der Waals surface area (Å²) in [6, 6.07) is 1.86. The van der Waals surface area contributed by atoms with Crippen LogP contribution in [0, 0.1) is 5.92 Å². The van der Waals surface area contributed by atoms with Gasteiger partial charge < -0.3 is 5.11 Å². The second kappa shape index (κ2) is 4.35. The number of carboxylic acid groups (broad SMARTS) is 1. The molecule has 1 aliphatic rings. The van der Waals surface area contributed by atoms with Crippen LogP contribution in [0.15, 0.2) is 18.6 Å². The van der Waals surface area contributed by atoms with E-state index in [4.69, 9.17) is 5.11 Å². The first-order valence-corrected chi connectivity index (χ1v) is 4.96. The zero-order valence-electron chi connectivity index (χ0n) is 8.33. The Bertz CT molecular complexity index is 342. The van der Waals surface area contributed by atoms with Crippen molar-refractivity contribution in [3.8, 4) is 0 Å². The molecule has 0 aliphatic carbocycles. The zero-order chi connectivity index (χ0) is 10.7. The monoisotopic (exact) mass is 207 g/mol. The van der Waals surface area contributed by atoms with E-state index in [1.165, 1.54) is 6.33 Å². The molecular weight excluding hydrogens is 194 g/mol. The second-order valence-corrected chi connectivity index (χ2v) is 3.76. The highest BCUT2D eigenvalue weighted by atomic mass is 16.4. The summed E-state index contributed by atoms with van der Waals surface area (Å²) >= 11 is 0. The van der Waals surface area contributed by atoms with Gasteiger partial charge in [0.1, 0.15) is 6.33 Å². The van der Waals surface area contributed by atoms with Crippen molar-refractivity contribution in [2.75, 3.05) is 13.1 Å². The normalized spacial score (nSPS) is 21.7. The molecule has 1 unspecified atom stereocenters. The molecule has 2 rings (SSSR count). The molecule has 1 N–H and O–H groups in total. The molecule has 1 saturated heterocycles. The van der Waals surface area contributed by atoms with Crippen molar-refractivity contribution < 1.29 is 9.90 Å². The summed E-state index contributed by atoms with van der Waals surface area (Å²) in [6.07, 6.45) is 3.95. The predicted octanol–water partition coefficient (Wildman–Crippen LogP) is 0.383. The third-order valence-electron chi connectivity index (χ3n) is 2.65. The lowest BCUT2D eigenvalue weighted by Gasteiger charge is -2.13. The number of likely N-dealkylation sites (tertiary alicyclic amines) is 1. The van der Waals surface area contributed by atoms with Gasteiger partial charge in [0.15, 0.2) is 0 Å². The number of hydrogen-bond acceptors (Lipinski definition) is 4. The topological polar surface area (TPSA) is 66.3 Å². The Balaban J connectivity index is 1.90. The molecule has 1 atom stereocenters. The van der Waals surface area contributed by atoms with Crippen LogP contribution in [0.4, 0.5) is 0 Å². The first kappa shape index (κ1) is 10.0. The maximum atomic E-state index is 10.7. The molecule has 1 aromatic rings. The van der Waals surface area contributed by atoms with Crippen molar-refractivity contribution in [1.82, 2.24) is 14.9 Å². The van der Waals surface area contributed by atoms with Gasteiger partial charge in [-0.25, -0.2) is 9.97 Å². The predicted molar refractivity (Wildman–Crippen MR) is 53.1 cm³/mol. The van der Waals surface area contributed by atoms with E-state index in [1.54, 1.807) is 6.20 Å². The maximum Gasteiger partial charge on any atom is 0.307 e. The molecule has 1 aliphatic heterocycles. The first-order chi connectivity index (χ1) is 7.25. The van der Waals surface area contributed by atoms with E-state index < -0.39 is 5.97 Å². The third kappa shape index (κ3) is 2.50. The number of carboxylic acids is 1. The van der Waals surface area contributed by atoms with Gasteiger partial charge in [0.2, 0.25) is 0 Å². The van der Waals surface area contributed by atoms with Crippen LogP contribution in [0.3, 0.4) is 0 Å². The van der Waals surface area contributed by atoms with Crippen LogP contribution in [0.2, 0.25) is 0 Å². The summed E-state index contributed by atoms with van der Waals surface area (Å²) in [6.45, 7) is 2.17. The van der Waals surface area contributed by atoms with Gasteiger partial charge in [-0.15, -0.1) is 0 Å². The lowest BCUT2D eigenvalue weighted by atomic mass is 10.1. The van der Waals surface area contributed by atoms with Crippen LogP contribution >= 0.6 is 0 Å². The van der Waals surface area contributed by atoms with E-state index >= 15 is 0 Å². The minimum atomic E-state index is -0.694. The van der Waals surface area contributed by atoms with Gasteiger partial charge in [-0.1, -0.05) is 0 Å². The molecule has 15 heavy (non-hydrogen) atoms. The lowest BCUT2D eigenvalue weighted by Crippen LogP contribution is -2.23. The molecule has 0 amide bonds. The fourth-order valence-corrected chi connectivity index (χ4v) is 1.82. The molecule has 0 radical (unpaired) electrons. The number of nitrogens with zero attached hydrogens (tertiary/aromatic N) is 3. The Labute approximate surface area is 87.8 Å². The van der Waals surface area contributed by atoms with Crippen LogP contribution < -0.4 is 0 Å². The van der Waals surface area contributed by atoms with Crippen molar-refractivity contribution in [3.05, 3.63) is 24.3 Å². The van der Waals surface area contributed by atoms with Gasteiger partial charge in [0.05, 0.1) is 11.6 Å². The molecular formula is C10H13N3O2. The highest BCUT2D eigenvalue weighted by molar-refractivity contribution is 5.70.